The van der Waals surface area contributed by atoms with Crippen LogP contribution in [-0.2, 0) is 0 Å². The maximum absolute atomic E-state index is 7.17. The fraction of sp³-hybridized carbons (Fsp3) is 0. The van der Waals surface area contributed by atoms with Gasteiger partial charge in [0.05, 0.1) is 0 Å². The Labute approximate surface area is 146 Å². The smallest absolute Gasteiger partial charge is 0.402 e. The molecule has 0 unspecified atom stereocenters. The Kier molecular flexibility index (Phi) is 48.0. The molecule has 17 heavy (non-hydrogen) atoms. The molecule has 0 aromatic rings. The van der Waals surface area contributed by atoms with Crippen molar-refractivity contribution in [2.75, 3.05) is 0 Å². The molecule has 0 aliphatic rings. The fourth-order valence-corrected chi connectivity index (χ4v) is 0. The minimum absolute atomic E-state index is 0. The zero-order valence-corrected chi connectivity index (χ0v) is 13.6. The predicted molar refractivity (Wildman–Crippen MR) is 55.4 cm³/mol. The molecule has 0 amide bonds. The van der Waals surface area contributed by atoms with Gasteiger partial charge in [-0.2, -0.15) is 0 Å². The van der Waals surface area contributed by atoms with E-state index < -0.39 is 29.3 Å². The zero-order chi connectivity index (χ0) is 14.3. The van der Waals surface area contributed by atoms with E-state index in [1.54, 1.807) is 0 Å². The first-order valence-electron chi connectivity index (χ1n) is 3.10. The SMILES string of the molecule is OB(O)O.OB(O)O.OB(O)O.OB(O)O.[Rb]. The summed E-state index contributed by atoms with van der Waals surface area (Å²) >= 11 is 0. The van der Waals surface area contributed by atoms with Crippen molar-refractivity contribution in [2.24, 2.45) is 0 Å². The first-order chi connectivity index (χ1) is 6.93. The summed E-state index contributed by atoms with van der Waals surface area (Å²) in [5.74, 6) is 0. The molecule has 0 aliphatic carbocycles. The summed E-state index contributed by atoms with van der Waals surface area (Å²) in [5.41, 5.74) is 0. The van der Waals surface area contributed by atoms with Crippen molar-refractivity contribution in [3.05, 3.63) is 0 Å². The van der Waals surface area contributed by atoms with Gasteiger partial charge in [0, 0.05) is 58.2 Å². The van der Waals surface area contributed by atoms with Crippen molar-refractivity contribution in [3.8, 4) is 0 Å². The van der Waals surface area contributed by atoms with Crippen molar-refractivity contribution in [1.29, 1.82) is 0 Å². The zero-order valence-electron chi connectivity index (χ0n) is 8.68. The molecule has 17 heteroatoms. The first kappa shape index (κ1) is 31.1. The van der Waals surface area contributed by atoms with Crippen LogP contribution in [0.2, 0.25) is 0 Å². The van der Waals surface area contributed by atoms with Crippen LogP contribution in [0, 0.1) is 0 Å². The van der Waals surface area contributed by atoms with Crippen LogP contribution < -0.4 is 0 Å². The third kappa shape index (κ3) is 1700. The summed E-state index contributed by atoms with van der Waals surface area (Å²) in [4.78, 5) is 0. The molecule has 0 saturated heterocycles. The van der Waals surface area contributed by atoms with E-state index >= 15 is 0 Å². The predicted octanol–water partition coefficient (Wildman–Crippen LogP) is -8.59. The number of hydrogen-bond donors (Lipinski definition) is 12. The van der Waals surface area contributed by atoms with E-state index in [0.29, 0.717) is 0 Å². The van der Waals surface area contributed by atoms with Gasteiger partial charge in [0.15, 0.2) is 0 Å². The van der Waals surface area contributed by atoms with Gasteiger partial charge in [-0.15, -0.1) is 0 Å². The molecule has 0 atom stereocenters. The molecule has 12 nitrogen and oxygen atoms in total. The Morgan fingerprint density at radius 3 is 0.294 bits per heavy atom. The van der Waals surface area contributed by atoms with E-state index in [-0.39, 0.29) is 58.2 Å². The molecule has 0 fully saturated rings. The Morgan fingerprint density at radius 1 is 0.294 bits per heavy atom. The van der Waals surface area contributed by atoms with E-state index in [1.807, 2.05) is 0 Å². The summed E-state index contributed by atoms with van der Waals surface area (Å²) in [6, 6.07) is 0. The van der Waals surface area contributed by atoms with Gasteiger partial charge >= 0.3 is 29.3 Å². The van der Waals surface area contributed by atoms with Crippen molar-refractivity contribution >= 4 is 87.5 Å². The maximum Gasteiger partial charge on any atom is 0.631 e. The normalized spacial score (nSPS) is 6.35. The molecule has 0 aromatic heterocycles. The second-order valence-electron chi connectivity index (χ2n) is 1.39. The van der Waals surface area contributed by atoms with Gasteiger partial charge in [0.2, 0.25) is 0 Å². The second-order valence-corrected chi connectivity index (χ2v) is 1.39. The molecule has 0 bridgehead atoms. The molecule has 12 N–H and O–H groups in total. The van der Waals surface area contributed by atoms with Gasteiger partial charge < -0.3 is 60.3 Å². The molecule has 0 heterocycles. The van der Waals surface area contributed by atoms with Crippen LogP contribution in [0.3, 0.4) is 0 Å². The molecule has 0 aliphatic heterocycles. The van der Waals surface area contributed by atoms with Crippen molar-refractivity contribution in [3.63, 3.8) is 0 Å². The van der Waals surface area contributed by atoms with Gasteiger partial charge in [-0.05, 0) is 0 Å². The maximum atomic E-state index is 7.17. The van der Waals surface area contributed by atoms with Gasteiger partial charge in [0.25, 0.3) is 0 Å². The average molecular weight is 333 g/mol. The minimum Gasteiger partial charge on any atom is -0.402 e. The van der Waals surface area contributed by atoms with Gasteiger partial charge in [-0.25, -0.2) is 0 Å². The van der Waals surface area contributed by atoms with E-state index in [4.69, 9.17) is 60.3 Å². The van der Waals surface area contributed by atoms with Crippen LogP contribution >= 0.6 is 0 Å². The molecule has 0 aromatic carbocycles. The first-order valence-corrected chi connectivity index (χ1v) is 3.10. The fourth-order valence-electron chi connectivity index (χ4n) is 0. The summed E-state index contributed by atoms with van der Waals surface area (Å²) < 4.78 is 0. The van der Waals surface area contributed by atoms with Crippen molar-refractivity contribution < 1.29 is 60.3 Å². The van der Waals surface area contributed by atoms with Crippen molar-refractivity contribution in [1.82, 2.24) is 0 Å². The Hall–Kier alpha value is 1.58. The molecule has 1 radical (unpaired) electrons. The van der Waals surface area contributed by atoms with Crippen LogP contribution in [-0.4, -0.2) is 148 Å². The van der Waals surface area contributed by atoms with Crippen molar-refractivity contribution in [2.45, 2.75) is 0 Å². The molecule has 0 saturated carbocycles. The third-order valence-corrected chi connectivity index (χ3v) is 0. The van der Waals surface area contributed by atoms with Crippen LogP contribution in [0.5, 0.6) is 0 Å². The minimum atomic E-state index is -2.17. The monoisotopic (exact) mass is 333 g/mol. The summed E-state index contributed by atoms with van der Waals surface area (Å²) in [5, 5.41) is 86.0. The topological polar surface area (TPSA) is 243 Å². The molecule has 0 spiro atoms. The van der Waals surface area contributed by atoms with Gasteiger partial charge in [0.1, 0.15) is 0 Å². The quantitative estimate of drug-likeness (QED) is 0.185. The molecular weight excluding hydrogens is 321 g/mol. The summed E-state index contributed by atoms with van der Waals surface area (Å²) in [7, 11) is -8.67. The van der Waals surface area contributed by atoms with Crippen LogP contribution in [0.4, 0.5) is 0 Å². The van der Waals surface area contributed by atoms with E-state index in [0.717, 1.165) is 0 Å². The van der Waals surface area contributed by atoms with Crippen LogP contribution in [0.15, 0.2) is 0 Å². The summed E-state index contributed by atoms with van der Waals surface area (Å²) in [6.45, 7) is 0. The number of hydrogen-bond acceptors (Lipinski definition) is 12. The Balaban J connectivity index is -0.0000000369. The molecule has 97 valence electrons. The van der Waals surface area contributed by atoms with E-state index in [1.165, 1.54) is 0 Å². The number of rotatable bonds is 0. The van der Waals surface area contributed by atoms with Crippen LogP contribution in [0.1, 0.15) is 0 Å². The third-order valence-electron chi connectivity index (χ3n) is 0. The van der Waals surface area contributed by atoms with E-state index in [2.05, 4.69) is 0 Å². The van der Waals surface area contributed by atoms with E-state index in [9.17, 15) is 0 Å². The molecule has 0 rings (SSSR count). The summed E-state index contributed by atoms with van der Waals surface area (Å²) in [6.07, 6.45) is 0. The van der Waals surface area contributed by atoms with Gasteiger partial charge in [-0.1, -0.05) is 0 Å². The Morgan fingerprint density at radius 2 is 0.294 bits per heavy atom. The standard InChI is InChI=1S/4BH3O3.Rb/c4*2-1(3)4;/h4*2-4H;. The average Bonchev–Trinajstić information content (AvgIpc) is 1.76. The Bertz CT molecular complexity index is 61.5. The van der Waals surface area contributed by atoms with Crippen LogP contribution in [0.25, 0.3) is 0 Å². The molecular formula is H12B4O12Rb. The largest absolute Gasteiger partial charge is 0.631 e. The second kappa shape index (κ2) is 26.2. The van der Waals surface area contributed by atoms with Gasteiger partial charge in [-0.3, -0.25) is 0 Å².